The monoisotopic (exact) mass is 518 g/mol. The van der Waals surface area contributed by atoms with Crippen LogP contribution in [0.2, 0.25) is 0 Å². The Kier molecular flexibility index (Phi) is 7.65. The van der Waals surface area contributed by atoms with Crippen molar-refractivity contribution in [3.8, 4) is 5.75 Å². The maximum Gasteiger partial charge on any atom is 0.227 e. The van der Waals surface area contributed by atoms with E-state index in [1.807, 2.05) is 6.33 Å². The van der Waals surface area contributed by atoms with Gasteiger partial charge in [-0.1, -0.05) is 25.0 Å². The van der Waals surface area contributed by atoms with Gasteiger partial charge in [0.15, 0.2) is 17.0 Å². The van der Waals surface area contributed by atoms with Gasteiger partial charge in [-0.05, 0) is 81.4 Å². The van der Waals surface area contributed by atoms with E-state index in [0.29, 0.717) is 30.0 Å². The van der Waals surface area contributed by atoms with Crippen LogP contribution < -0.4 is 21.2 Å². The van der Waals surface area contributed by atoms with Crippen LogP contribution in [0.4, 0.5) is 11.8 Å². The number of nitrogens with zero attached hydrogens (tertiary/aromatic N) is 5. The molecule has 1 aromatic carbocycles. The summed E-state index contributed by atoms with van der Waals surface area (Å²) in [6.45, 7) is 1.97. The smallest absolute Gasteiger partial charge is 0.227 e. The minimum Gasteiger partial charge on any atom is -0.497 e. The number of nitrogens with two attached hydrogens (primary N) is 1. The lowest BCUT2D eigenvalue weighted by Gasteiger charge is -2.32. The summed E-state index contributed by atoms with van der Waals surface area (Å²) in [6.07, 6.45) is 14.6. The molecule has 3 fully saturated rings. The van der Waals surface area contributed by atoms with Crippen molar-refractivity contribution < 1.29 is 4.74 Å². The largest absolute Gasteiger partial charge is 0.497 e. The van der Waals surface area contributed by atoms with E-state index in [2.05, 4.69) is 44.6 Å². The van der Waals surface area contributed by atoms with Gasteiger partial charge in [-0.3, -0.25) is 0 Å². The van der Waals surface area contributed by atoms with E-state index in [1.165, 1.54) is 31.2 Å². The first-order chi connectivity index (χ1) is 18.6. The molecule has 4 N–H and O–H groups in total. The van der Waals surface area contributed by atoms with Crippen LogP contribution in [0.25, 0.3) is 11.2 Å². The Balaban J connectivity index is 1.16. The van der Waals surface area contributed by atoms with E-state index in [1.54, 1.807) is 7.11 Å². The zero-order valence-corrected chi connectivity index (χ0v) is 22.6. The van der Waals surface area contributed by atoms with Crippen molar-refractivity contribution >= 4 is 22.9 Å². The molecule has 0 bridgehead atoms. The SMILES string of the molecule is COc1ccc(CC2CCN(Nc3nc(N[C@H]4CC[C@H](N)CC4)nc4c3ncn4C3CCCC3)CC2)cc1. The minimum absolute atomic E-state index is 0.324. The Morgan fingerprint density at radius 2 is 1.68 bits per heavy atom. The third kappa shape index (κ3) is 5.73. The van der Waals surface area contributed by atoms with Gasteiger partial charge in [0.25, 0.3) is 0 Å². The van der Waals surface area contributed by atoms with E-state index in [0.717, 1.165) is 80.8 Å². The zero-order valence-electron chi connectivity index (χ0n) is 22.6. The summed E-state index contributed by atoms with van der Waals surface area (Å²) in [5, 5.41) is 5.94. The summed E-state index contributed by atoms with van der Waals surface area (Å²) in [5.74, 6) is 3.12. The third-order valence-electron chi connectivity index (χ3n) is 8.81. The molecular weight excluding hydrogens is 476 g/mol. The van der Waals surface area contributed by atoms with Crippen molar-refractivity contribution in [2.75, 3.05) is 30.9 Å². The lowest BCUT2D eigenvalue weighted by molar-refractivity contribution is 0.216. The van der Waals surface area contributed by atoms with E-state index >= 15 is 0 Å². The quantitative estimate of drug-likeness (QED) is 0.386. The number of methoxy groups -OCH3 is 1. The molecule has 6 rings (SSSR count). The van der Waals surface area contributed by atoms with Crippen LogP contribution in [0.1, 0.15) is 75.8 Å². The molecule has 1 saturated heterocycles. The Morgan fingerprint density at radius 1 is 0.947 bits per heavy atom. The lowest BCUT2D eigenvalue weighted by atomic mass is 9.91. The van der Waals surface area contributed by atoms with E-state index in [-0.39, 0.29) is 0 Å². The molecule has 0 spiro atoms. The van der Waals surface area contributed by atoms with Crippen LogP contribution in [0.5, 0.6) is 5.75 Å². The van der Waals surface area contributed by atoms with Crippen LogP contribution >= 0.6 is 0 Å². The maximum atomic E-state index is 6.14. The molecule has 0 amide bonds. The average molecular weight is 519 g/mol. The number of anilines is 2. The van der Waals surface area contributed by atoms with Gasteiger partial charge in [-0.2, -0.15) is 9.97 Å². The number of fused-ring (bicyclic) bond motifs is 1. The third-order valence-corrected chi connectivity index (χ3v) is 8.81. The van der Waals surface area contributed by atoms with Crippen molar-refractivity contribution in [1.29, 1.82) is 0 Å². The summed E-state index contributed by atoms with van der Waals surface area (Å²) >= 11 is 0. The molecule has 0 atom stereocenters. The van der Waals surface area contributed by atoms with Crippen LogP contribution in [-0.2, 0) is 6.42 Å². The predicted octanol–water partition coefficient (Wildman–Crippen LogP) is 4.91. The van der Waals surface area contributed by atoms with Gasteiger partial charge in [0, 0.05) is 31.2 Å². The maximum absolute atomic E-state index is 6.14. The number of hydrogen-bond donors (Lipinski definition) is 3. The highest BCUT2D eigenvalue weighted by Crippen LogP contribution is 2.34. The number of imidazole rings is 1. The van der Waals surface area contributed by atoms with Crippen molar-refractivity contribution in [1.82, 2.24) is 24.5 Å². The first-order valence-corrected chi connectivity index (χ1v) is 14.6. The summed E-state index contributed by atoms with van der Waals surface area (Å²) in [4.78, 5) is 14.8. The molecule has 2 saturated carbocycles. The minimum atomic E-state index is 0.324. The topological polar surface area (TPSA) is 106 Å². The number of aromatic nitrogens is 4. The summed E-state index contributed by atoms with van der Waals surface area (Å²) in [5.41, 5.74) is 13.0. The van der Waals surface area contributed by atoms with Crippen molar-refractivity contribution in [3.63, 3.8) is 0 Å². The number of hydrogen-bond acceptors (Lipinski definition) is 8. The van der Waals surface area contributed by atoms with E-state index in [9.17, 15) is 0 Å². The van der Waals surface area contributed by atoms with Crippen molar-refractivity contribution in [2.24, 2.45) is 11.7 Å². The van der Waals surface area contributed by atoms with Crippen molar-refractivity contribution in [3.05, 3.63) is 36.2 Å². The van der Waals surface area contributed by atoms with Gasteiger partial charge in [0.05, 0.1) is 13.4 Å². The number of rotatable bonds is 8. The predicted molar refractivity (Wildman–Crippen MR) is 151 cm³/mol. The van der Waals surface area contributed by atoms with Crippen LogP contribution in [-0.4, -0.2) is 56.8 Å². The molecule has 204 valence electrons. The fraction of sp³-hybridized carbons (Fsp3) is 0.621. The Bertz CT molecular complexity index is 1190. The van der Waals surface area contributed by atoms with Gasteiger partial charge in [-0.25, -0.2) is 9.99 Å². The zero-order chi connectivity index (χ0) is 25.9. The number of piperidine rings is 1. The highest BCUT2D eigenvalue weighted by Gasteiger charge is 2.26. The lowest BCUT2D eigenvalue weighted by Crippen LogP contribution is -2.39. The van der Waals surface area contributed by atoms with Gasteiger partial charge in [-0.15, -0.1) is 0 Å². The molecular formula is C29H42N8O. The number of nitrogens with one attached hydrogen (secondary N) is 2. The fourth-order valence-corrected chi connectivity index (χ4v) is 6.45. The molecule has 2 aromatic heterocycles. The fourth-order valence-electron chi connectivity index (χ4n) is 6.45. The van der Waals surface area contributed by atoms with Crippen LogP contribution in [0.3, 0.4) is 0 Å². The van der Waals surface area contributed by atoms with Crippen molar-refractivity contribution in [2.45, 2.75) is 88.8 Å². The summed E-state index contributed by atoms with van der Waals surface area (Å²) < 4.78 is 7.59. The molecule has 1 aliphatic heterocycles. The Morgan fingerprint density at radius 3 is 2.39 bits per heavy atom. The highest BCUT2D eigenvalue weighted by molar-refractivity contribution is 5.84. The standard InChI is InChI=1S/C29H42N8O/c1-38-25-12-6-20(7-13-25)18-21-14-16-36(17-15-21)35-27-26-28(37(19-31-26)24-4-2-3-5-24)34-29(33-27)32-23-10-8-22(30)9-11-23/h6-7,12-13,19,21-24H,2-5,8-11,14-18,30H2,1H3,(H2,32,33,34,35)/t22-,23-. The molecule has 0 unspecified atom stereocenters. The molecule has 38 heavy (non-hydrogen) atoms. The average Bonchev–Trinajstić information content (AvgIpc) is 3.62. The molecule has 9 heteroatoms. The molecule has 3 aliphatic rings. The van der Waals surface area contributed by atoms with Crippen LogP contribution in [0.15, 0.2) is 30.6 Å². The molecule has 0 radical (unpaired) electrons. The van der Waals surface area contributed by atoms with Gasteiger partial charge in [0.2, 0.25) is 5.95 Å². The summed E-state index contributed by atoms with van der Waals surface area (Å²) in [6, 6.07) is 9.68. The van der Waals surface area contributed by atoms with Gasteiger partial charge in [0.1, 0.15) is 5.75 Å². The van der Waals surface area contributed by atoms with E-state index < -0.39 is 0 Å². The second-order valence-corrected chi connectivity index (χ2v) is 11.5. The van der Waals surface area contributed by atoms with Crippen LogP contribution in [0, 0.1) is 5.92 Å². The second-order valence-electron chi connectivity index (χ2n) is 11.5. The first kappa shape index (κ1) is 25.4. The van der Waals surface area contributed by atoms with E-state index in [4.69, 9.17) is 25.4 Å². The number of ether oxygens (including phenoxy) is 1. The normalized spacial score (nSPS) is 23.6. The molecule has 2 aliphatic carbocycles. The molecule has 3 aromatic rings. The molecule has 9 nitrogen and oxygen atoms in total. The second kappa shape index (κ2) is 11.5. The number of hydrazine groups is 1. The number of benzene rings is 1. The Hall–Kier alpha value is -2.91. The Labute approximate surface area is 225 Å². The summed E-state index contributed by atoms with van der Waals surface area (Å²) in [7, 11) is 1.72. The molecule has 3 heterocycles. The van der Waals surface area contributed by atoms with Gasteiger partial charge < -0.3 is 25.8 Å². The highest BCUT2D eigenvalue weighted by atomic mass is 16.5. The first-order valence-electron chi connectivity index (χ1n) is 14.6. The van der Waals surface area contributed by atoms with Gasteiger partial charge >= 0.3 is 0 Å².